The number of carboxylic acid groups (broad SMARTS) is 1. The van der Waals surface area contributed by atoms with E-state index in [4.69, 9.17) is 0 Å². The summed E-state index contributed by atoms with van der Waals surface area (Å²) in [4.78, 5) is 11.4. The number of aromatic carboxylic acids is 1. The van der Waals surface area contributed by atoms with E-state index >= 15 is 0 Å². The first-order valence-corrected chi connectivity index (χ1v) is 7.65. The lowest BCUT2D eigenvalue weighted by Gasteiger charge is -2.12. The lowest BCUT2D eigenvalue weighted by atomic mass is 10.1. The third kappa shape index (κ3) is 3.70. The van der Waals surface area contributed by atoms with Crippen LogP contribution in [0.15, 0.2) is 78.9 Å². The Bertz CT molecular complexity index is 870. The van der Waals surface area contributed by atoms with E-state index in [1.54, 1.807) is 18.2 Å². The molecule has 118 valence electrons. The van der Waals surface area contributed by atoms with E-state index < -0.39 is 5.97 Å². The zero-order valence-corrected chi connectivity index (χ0v) is 13.0. The lowest BCUT2D eigenvalue weighted by molar-refractivity contribution is 0.0698. The monoisotopic (exact) mass is 315 g/mol. The Morgan fingerprint density at radius 3 is 2.12 bits per heavy atom. The van der Waals surface area contributed by atoms with Gasteiger partial charge in [0.2, 0.25) is 0 Å². The average molecular weight is 315 g/mol. The number of benzene rings is 3. The van der Waals surface area contributed by atoms with E-state index in [1.807, 2.05) is 72.8 Å². The summed E-state index contributed by atoms with van der Waals surface area (Å²) in [7, 11) is 0. The number of nitrogens with one attached hydrogen (secondary N) is 1. The number of anilines is 2. The van der Waals surface area contributed by atoms with Gasteiger partial charge in [0.25, 0.3) is 0 Å². The topological polar surface area (TPSA) is 49.3 Å². The van der Waals surface area contributed by atoms with Crippen molar-refractivity contribution in [1.82, 2.24) is 0 Å². The zero-order chi connectivity index (χ0) is 16.8. The van der Waals surface area contributed by atoms with Gasteiger partial charge in [-0.2, -0.15) is 0 Å². The number of carboxylic acids is 1. The standard InChI is InChI=1S/C21H17NO2/c23-21(24)18-11-5-7-13-20(18)22-19-12-6-4-10-17(19)15-14-16-8-2-1-3-9-16/h1-15,22H,(H,23,24)/b15-14+. The third-order valence-electron chi connectivity index (χ3n) is 3.64. The van der Waals surface area contributed by atoms with Crippen molar-refractivity contribution in [2.75, 3.05) is 5.32 Å². The maximum atomic E-state index is 11.4. The molecule has 0 amide bonds. The van der Waals surface area contributed by atoms with Gasteiger partial charge in [0.05, 0.1) is 11.3 Å². The second-order valence-electron chi connectivity index (χ2n) is 5.31. The number of rotatable bonds is 5. The molecule has 3 aromatic rings. The molecule has 3 nitrogen and oxygen atoms in total. The van der Waals surface area contributed by atoms with Crippen molar-refractivity contribution in [1.29, 1.82) is 0 Å². The highest BCUT2D eigenvalue weighted by Gasteiger charge is 2.09. The Balaban J connectivity index is 1.90. The summed E-state index contributed by atoms with van der Waals surface area (Å²) in [6.07, 6.45) is 4.05. The first kappa shape index (κ1) is 15.6. The first-order valence-electron chi connectivity index (χ1n) is 7.65. The van der Waals surface area contributed by atoms with Crippen LogP contribution in [-0.2, 0) is 0 Å². The van der Waals surface area contributed by atoms with Gasteiger partial charge in [-0.25, -0.2) is 4.79 Å². The lowest BCUT2D eigenvalue weighted by Crippen LogP contribution is -2.02. The van der Waals surface area contributed by atoms with Crippen LogP contribution in [0.25, 0.3) is 12.2 Å². The Kier molecular flexibility index (Phi) is 4.73. The molecule has 0 spiro atoms. The summed E-state index contributed by atoms with van der Waals surface area (Å²) in [6.45, 7) is 0. The minimum atomic E-state index is -0.949. The Morgan fingerprint density at radius 2 is 1.38 bits per heavy atom. The molecule has 0 heterocycles. The fourth-order valence-corrected chi connectivity index (χ4v) is 2.43. The molecule has 0 unspecified atom stereocenters. The second kappa shape index (κ2) is 7.29. The number of para-hydroxylation sites is 2. The second-order valence-corrected chi connectivity index (χ2v) is 5.31. The molecule has 0 aromatic heterocycles. The van der Waals surface area contributed by atoms with Gasteiger partial charge in [-0.1, -0.05) is 72.8 Å². The van der Waals surface area contributed by atoms with Crippen LogP contribution in [0.1, 0.15) is 21.5 Å². The Hall–Kier alpha value is -3.33. The molecular weight excluding hydrogens is 298 g/mol. The van der Waals surface area contributed by atoms with Crippen LogP contribution < -0.4 is 5.32 Å². The van der Waals surface area contributed by atoms with Crippen LogP contribution in [0.5, 0.6) is 0 Å². The van der Waals surface area contributed by atoms with Gasteiger partial charge < -0.3 is 10.4 Å². The number of hydrogen-bond acceptors (Lipinski definition) is 2. The Labute approximate surface area is 140 Å². The quantitative estimate of drug-likeness (QED) is 0.628. The van der Waals surface area contributed by atoms with Crippen LogP contribution in [0, 0.1) is 0 Å². The summed E-state index contributed by atoms with van der Waals surface area (Å²) in [5.41, 5.74) is 3.78. The smallest absolute Gasteiger partial charge is 0.337 e. The highest BCUT2D eigenvalue weighted by Crippen LogP contribution is 2.25. The van der Waals surface area contributed by atoms with Crippen molar-refractivity contribution >= 4 is 29.5 Å². The predicted octanol–water partition coefficient (Wildman–Crippen LogP) is 5.30. The Morgan fingerprint density at radius 1 is 0.750 bits per heavy atom. The van der Waals surface area contributed by atoms with Crippen molar-refractivity contribution in [2.45, 2.75) is 0 Å². The molecule has 3 heteroatoms. The van der Waals surface area contributed by atoms with E-state index in [-0.39, 0.29) is 5.56 Å². The normalized spacial score (nSPS) is 10.7. The van der Waals surface area contributed by atoms with Gasteiger partial charge in [0.1, 0.15) is 0 Å². The fourth-order valence-electron chi connectivity index (χ4n) is 2.43. The summed E-state index contributed by atoms with van der Waals surface area (Å²) >= 11 is 0. The molecule has 0 aliphatic carbocycles. The molecule has 0 fully saturated rings. The fraction of sp³-hybridized carbons (Fsp3) is 0. The maximum Gasteiger partial charge on any atom is 0.337 e. The summed E-state index contributed by atoms with van der Waals surface area (Å²) < 4.78 is 0. The highest BCUT2D eigenvalue weighted by atomic mass is 16.4. The maximum absolute atomic E-state index is 11.4. The zero-order valence-electron chi connectivity index (χ0n) is 13.0. The molecule has 0 bridgehead atoms. The van der Waals surface area contributed by atoms with Gasteiger partial charge >= 0.3 is 5.97 Å². The summed E-state index contributed by atoms with van der Waals surface area (Å²) in [5.74, 6) is -0.949. The molecule has 0 saturated carbocycles. The van der Waals surface area contributed by atoms with E-state index in [0.717, 1.165) is 16.8 Å². The predicted molar refractivity (Wildman–Crippen MR) is 98.5 cm³/mol. The minimum absolute atomic E-state index is 0.249. The van der Waals surface area contributed by atoms with Crippen molar-refractivity contribution in [2.24, 2.45) is 0 Å². The highest BCUT2D eigenvalue weighted by molar-refractivity contribution is 5.95. The minimum Gasteiger partial charge on any atom is -0.478 e. The van der Waals surface area contributed by atoms with Gasteiger partial charge in [-0.3, -0.25) is 0 Å². The number of hydrogen-bond donors (Lipinski definition) is 2. The average Bonchev–Trinajstić information content (AvgIpc) is 2.62. The van der Waals surface area contributed by atoms with E-state index in [0.29, 0.717) is 5.69 Å². The molecule has 24 heavy (non-hydrogen) atoms. The van der Waals surface area contributed by atoms with Crippen molar-refractivity contribution in [3.63, 3.8) is 0 Å². The van der Waals surface area contributed by atoms with Crippen molar-refractivity contribution < 1.29 is 9.90 Å². The van der Waals surface area contributed by atoms with E-state index in [1.165, 1.54) is 0 Å². The molecule has 3 aromatic carbocycles. The number of carbonyl (C=O) groups is 1. The van der Waals surface area contributed by atoms with Gasteiger partial charge in [0, 0.05) is 5.69 Å². The molecule has 3 rings (SSSR count). The molecular formula is C21H17NO2. The molecule has 0 radical (unpaired) electrons. The van der Waals surface area contributed by atoms with Crippen LogP contribution in [-0.4, -0.2) is 11.1 Å². The van der Waals surface area contributed by atoms with E-state index in [2.05, 4.69) is 5.32 Å². The van der Waals surface area contributed by atoms with Gasteiger partial charge in [-0.05, 0) is 29.3 Å². The van der Waals surface area contributed by atoms with Crippen molar-refractivity contribution in [3.05, 3.63) is 95.6 Å². The van der Waals surface area contributed by atoms with Crippen LogP contribution >= 0.6 is 0 Å². The summed E-state index contributed by atoms with van der Waals surface area (Å²) in [6, 6.07) is 24.7. The molecule has 0 atom stereocenters. The van der Waals surface area contributed by atoms with Gasteiger partial charge in [0.15, 0.2) is 0 Å². The third-order valence-corrected chi connectivity index (χ3v) is 3.64. The van der Waals surface area contributed by atoms with Crippen molar-refractivity contribution in [3.8, 4) is 0 Å². The molecule has 0 aliphatic heterocycles. The molecule has 2 N–H and O–H groups in total. The van der Waals surface area contributed by atoms with E-state index in [9.17, 15) is 9.90 Å². The molecule has 0 saturated heterocycles. The SMILES string of the molecule is O=C(O)c1ccccc1Nc1ccccc1/C=C/c1ccccc1. The van der Waals surface area contributed by atoms with Gasteiger partial charge in [-0.15, -0.1) is 0 Å². The van der Waals surface area contributed by atoms with Crippen LogP contribution in [0.4, 0.5) is 11.4 Å². The first-order chi connectivity index (χ1) is 11.7. The largest absolute Gasteiger partial charge is 0.478 e. The van der Waals surface area contributed by atoms with Crippen LogP contribution in [0.2, 0.25) is 0 Å². The summed E-state index contributed by atoms with van der Waals surface area (Å²) in [5, 5.41) is 12.5. The van der Waals surface area contributed by atoms with Crippen LogP contribution in [0.3, 0.4) is 0 Å². The molecule has 0 aliphatic rings.